The topological polar surface area (TPSA) is 0 Å². The summed E-state index contributed by atoms with van der Waals surface area (Å²) in [5, 5.41) is 0. The number of aryl methyl sites for hydroxylation is 2. The van der Waals surface area contributed by atoms with Crippen LogP contribution in [0.5, 0.6) is 0 Å². The highest BCUT2D eigenvalue weighted by Crippen LogP contribution is 2.42. The van der Waals surface area contributed by atoms with Crippen molar-refractivity contribution in [3.8, 4) is 0 Å². The second kappa shape index (κ2) is 4.00. The van der Waals surface area contributed by atoms with E-state index in [2.05, 4.69) is 39.0 Å². The Balaban J connectivity index is 2.29. The third-order valence-electron chi connectivity index (χ3n) is 3.94. The number of unbranched alkanes of at least 4 members (excludes halogenated alkanes) is 1. The maximum Gasteiger partial charge on any atom is -0.00693 e. The number of hydrogen-bond donors (Lipinski definition) is 0. The van der Waals surface area contributed by atoms with Gasteiger partial charge in [-0.25, -0.2) is 0 Å². The van der Waals surface area contributed by atoms with E-state index < -0.39 is 0 Å². The molecule has 82 valence electrons. The second-order valence-electron chi connectivity index (χ2n) is 5.32. The molecular weight excluding hydrogens is 180 g/mol. The molecule has 0 N–H and O–H groups in total. The van der Waals surface area contributed by atoms with Crippen LogP contribution in [0.15, 0.2) is 18.2 Å². The predicted molar refractivity (Wildman–Crippen MR) is 66.4 cm³/mol. The normalized spacial score (nSPS) is 24.2. The lowest BCUT2D eigenvalue weighted by molar-refractivity contribution is 0.415. The summed E-state index contributed by atoms with van der Waals surface area (Å²) < 4.78 is 0. The fourth-order valence-electron chi connectivity index (χ4n) is 2.84. The number of benzene rings is 1. The van der Waals surface area contributed by atoms with Crippen LogP contribution in [0, 0.1) is 6.92 Å². The highest BCUT2D eigenvalue weighted by atomic mass is 14.4. The number of hydrogen-bond acceptors (Lipinski definition) is 0. The Hall–Kier alpha value is -0.780. The van der Waals surface area contributed by atoms with Gasteiger partial charge in [0.1, 0.15) is 0 Å². The summed E-state index contributed by atoms with van der Waals surface area (Å²) in [7, 11) is 0. The van der Waals surface area contributed by atoms with Gasteiger partial charge in [0.05, 0.1) is 0 Å². The minimum absolute atomic E-state index is 0.470. The molecule has 0 bridgehead atoms. The summed E-state index contributed by atoms with van der Waals surface area (Å²) in [5.41, 5.74) is 5.12. The number of rotatable bonds is 3. The molecule has 0 fully saturated rings. The van der Waals surface area contributed by atoms with Crippen molar-refractivity contribution in [2.75, 3.05) is 0 Å². The maximum absolute atomic E-state index is 2.45. The van der Waals surface area contributed by atoms with Crippen LogP contribution in [0.3, 0.4) is 0 Å². The van der Waals surface area contributed by atoms with Crippen LogP contribution in [0.25, 0.3) is 0 Å². The van der Waals surface area contributed by atoms with E-state index in [0.717, 1.165) is 0 Å². The van der Waals surface area contributed by atoms with Crippen LogP contribution in [0.1, 0.15) is 56.2 Å². The first-order valence-electron chi connectivity index (χ1n) is 6.26. The zero-order valence-electron chi connectivity index (χ0n) is 10.3. The molecule has 0 saturated carbocycles. The third kappa shape index (κ3) is 1.95. The minimum atomic E-state index is 0.470. The molecule has 1 aromatic carbocycles. The summed E-state index contributed by atoms with van der Waals surface area (Å²) in [5.74, 6) is 0. The Morgan fingerprint density at radius 1 is 1.33 bits per heavy atom. The summed E-state index contributed by atoms with van der Waals surface area (Å²) in [4.78, 5) is 0. The van der Waals surface area contributed by atoms with Crippen molar-refractivity contribution in [1.82, 2.24) is 0 Å². The first-order valence-corrected chi connectivity index (χ1v) is 6.26. The van der Waals surface area contributed by atoms with Gasteiger partial charge in [-0.3, -0.25) is 0 Å². The molecule has 1 atom stereocenters. The molecule has 0 spiro atoms. The average molecular weight is 202 g/mol. The van der Waals surface area contributed by atoms with Gasteiger partial charge in [0, 0.05) is 0 Å². The van der Waals surface area contributed by atoms with Crippen LogP contribution < -0.4 is 0 Å². The molecule has 2 rings (SSSR count). The van der Waals surface area contributed by atoms with Crippen molar-refractivity contribution in [1.29, 1.82) is 0 Å². The van der Waals surface area contributed by atoms with Gasteiger partial charge in [-0.2, -0.15) is 0 Å². The lowest BCUT2D eigenvalue weighted by Crippen LogP contribution is -2.17. The van der Waals surface area contributed by atoms with Crippen LogP contribution in [0.2, 0.25) is 0 Å². The van der Waals surface area contributed by atoms with Crippen LogP contribution in [-0.2, 0) is 11.8 Å². The van der Waals surface area contributed by atoms with Crippen molar-refractivity contribution < 1.29 is 0 Å². The third-order valence-corrected chi connectivity index (χ3v) is 3.94. The van der Waals surface area contributed by atoms with Crippen molar-refractivity contribution >= 4 is 0 Å². The van der Waals surface area contributed by atoms with Crippen molar-refractivity contribution in [2.45, 2.75) is 58.3 Å². The SMILES string of the molecule is CCCCC1(C)CCc2ccc(C)cc21. The largest absolute Gasteiger partial charge is 0.0654 e. The highest BCUT2D eigenvalue weighted by Gasteiger charge is 2.33. The first kappa shape index (κ1) is 10.7. The predicted octanol–water partition coefficient (Wildman–Crippen LogP) is 4.39. The monoisotopic (exact) mass is 202 g/mol. The molecule has 1 aliphatic rings. The van der Waals surface area contributed by atoms with Crippen molar-refractivity contribution in [3.63, 3.8) is 0 Å². The molecule has 0 aromatic heterocycles. The van der Waals surface area contributed by atoms with E-state index in [9.17, 15) is 0 Å². The highest BCUT2D eigenvalue weighted by molar-refractivity contribution is 5.41. The number of fused-ring (bicyclic) bond motifs is 1. The smallest absolute Gasteiger partial charge is 0.00693 e. The van der Waals surface area contributed by atoms with E-state index in [4.69, 9.17) is 0 Å². The van der Waals surface area contributed by atoms with Crippen LogP contribution in [-0.4, -0.2) is 0 Å². The van der Waals surface area contributed by atoms with Gasteiger partial charge in [-0.1, -0.05) is 50.5 Å². The molecule has 0 amide bonds. The van der Waals surface area contributed by atoms with E-state index in [1.54, 1.807) is 11.1 Å². The Morgan fingerprint density at radius 2 is 2.13 bits per heavy atom. The second-order valence-corrected chi connectivity index (χ2v) is 5.32. The standard InChI is InChI=1S/C15H22/c1-4-5-9-15(3)10-8-13-7-6-12(2)11-14(13)15/h6-7,11H,4-5,8-10H2,1-3H3. The van der Waals surface area contributed by atoms with E-state index in [1.807, 2.05) is 0 Å². The fraction of sp³-hybridized carbons (Fsp3) is 0.600. The van der Waals surface area contributed by atoms with E-state index >= 15 is 0 Å². The molecule has 0 nitrogen and oxygen atoms in total. The fourth-order valence-corrected chi connectivity index (χ4v) is 2.84. The van der Waals surface area contributed by atoms with Crippen LogP contribution in [0.4, 0.5) is 0 Å². The molecular formula is C15H22. The van der Waals surface area contributed by atoms with Crippen molar-refractivity contribution in [3.05, 3.63) is 34.9 Å². The molecule has 0 saturated heterocycles. The lowest BCUT2D eigenvalue weighted by atomic mass is 9.79. The van der Waals surface area contributed by atoms with E-state index in [0.29, 0.717) is 5.41 Å². The molecule has 1 unspecified atom stereocenters. The quantitative estimate of drug-likeness (QED) is 0.682. The summed E-state index contributed by atoms with van der Waals surface area (Å²) in [6, 6.07) is 7.00. The molecule has 0 aliphatic heterocycles. The van der Waals surface area contributed by atoms with Gasteiger partial charge in [-0.15, -0.1) is 0 Å². The minimum Gasteiger partial charge on any atom is -0.0654 e. The van der Waals surface area contributed by atoms with Gasteiger partial charge in [0.15, 0.2) is 0 Å². The Bertz CT molecular complexity index is 351. The zero-order chi connectivity index (χ0) is 10.9. The van der Waals surface area contributed by atoms with Gasteiger partial charge in [-0.05, 0) is 42.7 Å². The van der Waals surface area contributed by atoms with Gasteiger partial charge < -0.3 is 0 Å². The molecule has 0 radical (unpaired) electrons. The van der Waals surface area contributed by atoms with Gasteiger partial charge in [0.25, 0.3) is 0 Å². The molecule has 0 heteroatoms. The summed E-state index contributed by atoms with van der Waals surface area (Å²) in [6.07, 6.45) is 6.68. The zero-order valence-corrected chi connectivity index (χ0v) is 10.3. The molecule has 1 aliphatic carbocycles. The van der Waals surface area contributed by atoms with Crippen molar-refractivity contribution in [2.24, 2.45) is 0 Å². The lowest BCUT2D eigenvalue weighted by Gasteiger charge is -2.25. The molecule has 15 heavy (non-hydrogen) atoms. The molecule has 1 aromatic rings. The van der Waals surface area contributed by atoms with Gasteiger partial charge >= 0.3 is 0 Å². The summed E-state index contributed by atoms with van der Waals surface area (Å²) >= 11 is 0. The molecule has 0 heterocycles. The summed E-state index contributed by atoms with van der Waals surface area (Å²) in [6.45, 7) is 6.95. The van der Waals surface area contributed by atoms with E-state index in [1.165, 1.54) is 37.7 Å². The Morgan fingerprint density at radius 3 is 2.87 bits per heavy atom. The Labute approximate surface area is 93.7 Å². The van der Waals surface area contributed by atoms with Crippen LogP contribution >= 0.6 is 0 Å². The van der Waals surface area contributed by atoms with Gasteiger partial charge in [0.2, 0.25) is 0 Å². The maximum atomic E-state index is 2.45. The Kier molecular flexibility index (Phi) is 2.86. The average Bonchev–Trinajstić information content (AvgIpc) is 2.55. The first-order chi connectivity index (χ1) is 7.15. The van der Waals surface area contributed by atoms with E-state index in [-0.39, 0.29) is 0 Å².